The molecule has 0 fully saturated rings. The van der Waals surface area contributed by atoms with Gasteiger partial charge in [0.05, 0.1) is 11.4 Å². The molecule has 0 unspecified atom stereocenters. The van der Waals surface area contributed by atoms with Crippen LogP contribution in [0.15, 0.2) is 78.1 Å². The van der Waals surface area contributed by atoms with E-state index in [1.165, 1.54) is 23.9 Å². The molecule has 30 heavy (non-hydrogen) atoms. The van der Waals surface area contributed by atoms with E-state index >= 15 is 0 Å². The van der Waals surface area contributed by atoms with Crippen molar-refractivity contribution in [2.75, 3.05) is 11.1 Å². The number of carbonyl (C=O) groups excluding carboxylic acids is 1. The van der Waals surface area contributed by atoms with Crippen LogP contribution >= 0.6 is 23.4 Å². The van der Waals surface area contributed by atoms with Gasteiger partial charge in [-0.05, 0) is 48.5 Å². The zero-order chi connectivity index (χ0) is 20.9. The number of thioether (sulfide) groups is 1. The molecule has 2 aromatic carbocycles. The maximum absolute atomic E-state index is 13.3. The number of anilines is 1. The van der Waals surface area contributed by atoms with Gasteiger partial charge in [0.2, 0.25) is 5.91 Å². The fraction of sp³-hybridized carbons (Fsp3) is 0.0476. The van der Waals surface area contributed by atoms with Crippen molar-refractivity contribution in [1.82, 2.24) is 19.7 Å². The van der Waals surface area contributed by atoms with Crippen molar-refractivity contribution in [2.45, 2.75) is 5.16 Å². The van der Waals surface area contributed by atoms with E-state index in [1.54, 1.807) is 30.5 Å². The van der Waals surface area contributed by atoms with Crippen LogP contribution < -0.4 is 5.32 Å². The van der Waals surface area contributed by atoms with Crippen LogP contribution in [0.5, 0.6) is 0 Å². The van der Waals surface area contributed by atoms with Gasteiger partial charge in [-0.1, -0.05) is 41.6 Å². The van der Waals surface area contributed by atoms with Crippen LogP contribution in [-0.2, 0) is 4.79 Å². The Morgan fingerprint density at radius 2 is 1.80 bits per heavy atom. The van der Waals surface area contributed by atoms with Crippen molar-refractivity contribution < 1.29 is 9.18 Å². The molecular weight excluding hydrogens is 425 g/mol. The summed E-state index contributed by atoms with van der Waals surface area (Å²) in [5, 5.41) is 12.0. The van der Waals surface area contributed by atoms with Gasteiger partial charge in [-0.15, -0.1) is 10.2 Å². The van der Waals surface area contributed by atoms with Crippen molar-refractivity contribution in [3.8, 4) is 17.1 Å². The van der Waals surface area contributed by atoms with Crippen LogP contribution in [0, 0.1) is 5.82 Å². The molecule has 0 radical (unpaired) electrons. The van der Waals surface area contributed by atoms with Crippen molar-refractivity contribution in [3.63, 3.8) is 0 Å². The predicted octanol–water partition coefficient (Wildman–Crippen LogP) is 4.85. The van der Waals surface area contributed by atoms with Crippen molar-refractivity contribution >= 4 is 35.0 Å². The summed E-state index contributed by atoms with van der Waals surface area (Å²) in [4.78, 5) is 16.3. The molecule has 1 N–H and O–H groups in total. The highest BCUT2D eigenvalue weighted by atomic mass is 35.5. The highest BCUT2D eigenvalue weighted by Crippen LogP contribution is 2.28. The lowest BCUT2D eigenvalue weighted by molar-refractivity contribution is -0.113. The van der Waals surface area contributed by atoms with Gasteiger partial charge in [-0.2, -0.15) is 0 Å². The Morgan fingerprint density at radius 1 is 1.03 bits per heavy atom. The summed E-state index contributed by atoms with van der Waals surface area (Å²) >= 11 is 7.22. The monoisotopic (exact) mass is 439 g/mol. The number of nitrogens with zero attached hydrogens (tertiary/aromatic N) is 4. The fourth-order valence-corrected chi connectivity index (χ4v) is 3.67. The Hall–Kier alpha value is -3.23. The minimum absolute atomic E-state index is 0.0968. The molecular formula is C21H15ClFN5OS. The fourth-order valence-electron chi connectivity index (χ4n) is 2.75. The molecule has 0 saturated heterocycles. The second-order valence-corrected chi connectivity index (χ2v) is 7.46. The van der Waals surface area contributed by atoms with Gasteiger partial charge in [0, 0.05) is 17.4 Å². The Morgan fingerprint density at radius 3 is 2.53 bits per heavy atom. The SMILES string of the molecule is O=C(CSc1nnc(-c2ccc(F)cc2)n1-c1ccccc1)Nc1cccnc1Cl. The Balaban J connectivity index is 1.59. The number of benzene rings is 2. The van der Waals surface area contributed by atoms with Gasteiger partial charge >= 0.3 is 0 Å². The first-order chi connectivity index (χ1) is 14.6. The molecule has 0 aliphatic heterocycles. The van der Waals surface area contributed by atoms with E-state index in [2.05, 4.69) is 20.5 Å². The van der Waals surface area contributed by atoms with E-state index in [-0.39, 0.29) is 22.6 Å². The quantitative estimate of drug-likeness (QED) is 0.343. The van der Waals surface area contributed by atoms with E-state index in [4.69, 9.17) is 11.6 Å². The molecule has 2 aromatic heterocycles. The molecule has 0 spiro atoms. The number of halogens is 2. The van der Waals surface area contributed by atoms with Crippen molar-refractivity contribution in [3.05, 3.63) is 83.9 Å². The molecule has 9 heteroatoms. The number of hydrogen-bond acceptors (Lipinski definition) is 5. The number of aromatic nitrogens is 4. The second-order valence-electron chi connectivity index (χ2n) is 6.16. The minimum atomic E-state index is -0.329. The summed E-state index contributed by atoms with van der Waals surface area (Å²) < 4.78 is 15.2. The number of rotatable bonds is 6. The molecule has 0 aliphatic carbocycles. The lowest BCUT2D eigenvalue weighted by Crippen LogP contribution is -2.15. The molecule has 1 amide bonds. The average Bonchev–Trinajstić information content (AvgIpc) is 3.19. The largest absolute Gasteiger partial charge is 0.323 e. The van der Waals surface area contributed by atoms with E-state index in [1.807, 2.05) is 34.9 Å². The number of carbonyl (C=O) groups is 1. The molecule has 4 rings (SSSR count). The Labute approximate surface area is 181 Å². The summed E-state index contributed by atoms with van der Waals surface area (Å²) in [7, 11) is 0. The molecule has 150 valence electrons. The third-order valence-electron chi connectivity index (χ3n) is 4.12. The lowest BCUT2D eigenvalue weighted by Gasteiger charge is -2.10. The van der Waals surface area contributed by atoms with Gasteiger partial charge in [-0.25, -0.2) is 9.37 Å². The summed E-state index contributed by atoms with van der Waals surface area (Å²) in [6.07, 6.45) is 1.55. The number of nitrogens with one attached hydrogen (secondary N) is 1. The van der Waals surface area contributed by atoms with E-state index in [0.717, 1.165) is 5.69 Å². The van der Waals surface area contributed by atoms with E-state index in [0.29, 0.717) is 22.2 Å². The maximum Gasteiger partial charge on any atom is 0.234 e. The van der Waals surface area contributed by atoms with Crippen LogP contribution in [0.1, 0.15) is 0 Å². The molecule has 0 atom stereocenters. The smallest absolute Gasteiger partial charge is 0.234 e. The molecule has 0 bridgehead atoms. The summed E-state index contributed by atoms with van der Waals surface area (Å²) in [5.74, 6) is 0.0738. The van der Waals surface area contributed by atoms with Crippen LogP contribution in [0.2, 0.25) is 5.15 Å². The predicted molar refractivity (Wildman–Crippen MR) is 115 cm³/mol. The zero-order valence-electron chi connectivity index (χ0n) is 15.5. The van der Waals surface area contributed by atoms with E-state index in [9.17, 15) is 9.18 Å². The molecule has 6 nitrogen and oxygen atoms in total. The summed E-state index contributed by atoms with van der Waals surface area (Å²) in [6, 6.07) is 18.9. The van der Waals surface area contributed by atoms with Gasteiger partial charge in [-0.3, -0.25) is 9.36 Å². The number of amides is 1. The summed E-state index contributed by atoms with van der Waals surface area (Å²) in [5.41, 5.74) is 1.99. The van der Waals surface area contributed by atoms with Crippen molar-refractivity contribution in [1.29, 1.82) is 0 Å². The van der Waals surface area contributed by atoms with Gasteiger partial charge < -0.3 is 5.32 Å². The highest BCUT2D eigenvalue weighted by Gasteiger charge is 2.17. The first kappa shape index (κ1) is 20.1. The highest BCUT2D eigenvalue weighted by molar-refractivity contribution is 7.99. The average molecular weight is 440 g/mol. The molecule has 0 aliphatic rings. The topological polar surface area (TPSA) is 72.7 Å². The van der Waals surface area contributed by atoms with Crippen molar-refractivity contribution in [2.24, 2.45) is 0 Å². The normalized spacial score (nSPS) is 10.7. The zero-order valence-corrected chi connectivity index (χ0v) is 17.1. The first-order valence-electron chi connectivity index (χ1n) is 8.92. The van der Waals surface area contributed by atoms with Gasteiger partial charge in [0.1, 0.15) is 5.82 Å². The Kier molecular flexibility index (Phi) is 6.06. The van der Waals surface area contributed by atoms with Crippen LogP contribution in [0.3, 0.4) is 0 Å². The lowest BCUT2D eigenvalue weighted by atomic mass is 10.2. The number of hydrogen-bond donors (Lipinski definition) is 1. The molecule has 2 heterocycles. The van der Waals surface area contributed by atoms with Crippen LogP contribution in [-0.4, -0.2) is 31.4 Å². The third-order valence-corrected chi connectivity index (χ3v) is 5.35. The van der Waals surface area contributed by atoms with Crippen LogP contribution in [0.25, 0.3) is 17.1 Å². The first-order valence-corrected chi connectivity index (χ1v) is 10.3. The Bertz CT molecular complexity index is 1170. The van der Waals surface area contributed by atoms with Gasteiger partial charge in [0.15, 0.2) is 16.1 Å². The molecule has 0 saturated carbocycles. The number of pyridine rings is 1. The van der Waals surface area contributed by atoms with Gasteiger partial charge in [0.25, 0.3) is 0 Å². The standard InChI is InChI=1S/C21H15ClFN5OS/c22-19-17(7-4-12-24-19)25-18(29)13-30-21-27-26-20(14-8-10-15(23)11-9-14)28(21)16-5-2-1-3-6-16/h1-12H,13H2,(H,25,29). The maximum atomic E-state index is 13.3. The number of para-hydroxylation sites is 1. The summed E-state index contributed by atoms with van der Waals surface area (Å²) in [6.45, 7) is 0. The third kappa shape index (κ3) is 4.50. The van der Waals surface area contributed by atoms with E-state index < -0.39 is 0 Å². The van der Waals surface area contributed by atoms with Crippen LogP contribution in [0.4, 0.5) is 10.1 Å². The second kappa shape index (κ2) is 9.06. The minimum Gasteiger partial charge on any atom is -0.323 e. The molecule has 4 aromatic rings.